The summed E-state index contributed by atoms with van der Waals surface area (Å²) in [4.78, 5) is 0. The molecule has 0 saturated heterocycles. The van der Waals surface area contributed by atoms with E-state index in [4.69, 9.17) is 5.11 Å². The van der Waals surface area contributed by atoms with E-state index in [2.05, 4.69) is 26.1 Å². The summed E-state index contributed by atoms with van der Waals surface area (Å²) in [5.41, 5.74) is 0. The van der Waals surface area contributed by atoms with E-state index in [1.54, 1.807) is 0 Å². The van der Waals surface area contributed by atoms with Crippen molar-refractivity contribution >= 4 is 0 Å². The maximum atomic E-state index is 8.98. The highest BCUT2D eigenvalue weighted by atomic mass is 16.3. The Morgan fingerprint density at radius 3 is 2.53 bits per heavy atom. The lowest BCUT2D eigenvalue weighted by atomic mass is 9.78. The van der Waals surface area contributed by atoms with Crippen LogP contribution in [-0.4, -0.2) is 24.3 Å². The minimum Gasteiger partial charge on any atom is -0.396 e. The number of hydrogen-bond acceptors (Lipinski definition) is 2. The van der Waals surface area contributed by atoms with Crippen LogP contribution in [0.2, 0.25) is 0 Å². The number of aliphatic hydroxyl groups is 1. The molecule has 1 saturated carbocycles. The summed E-state index contributed by atoms with van der Waals surface area (Å²) in [7, 11) is 0. The smallest absolute Gasteiger partial charge is 0.0456 e. The van der Waals surface area contributed by atoms with Gasteiger partial charge in [0, 0.05) is 12.6 Å². The van der Waals surface area contributed by atoms with Gasteiger partial charge in [-0.25, -0.2) is 0 Å². The Morgan fingerprint density at radius 2 is 1.88 bits per heavy atom. The maximum Gasteiger partial charge on any atom is 0.0456 e. The third-order valence-electron chi connectivity index (χ3n) is 4.27. The summed E-state index contributed by atoms with van der Waals surface area (Å²) < 4.78 is 0. The normalized spacial score (nSPS) is 27.4. The van der Waals surface area contributed by atoms with Gasteiger partial charge in [-0.05, 0) is 50.0 Å². The molecular weight excluding hydrogens is 210 g/mol. The van der Waals surface area contributed by atoms with Crippen LogP contribution in [0.15, 0.2) is 0 Å². The fourth-order valence-electron chi connectivity index (χ4n) is 3.04. The van der Waals surface area contributed by atoms with E-state index >= 15 is 0 Å². The van der Waals surface area contributed by atoms with Crippen molar-refractivity contribution in [1.29, 1.82) is 0 Å². The summed E-state index contributed by atoms with van der Waals surface area (Å²) in [6.07, 6.45) is 7.92. The van der Waals surface area contributed by atoms with Crippen LogP contribution in [0, 0.1) is 17.8 Å². The molecule has 3 unspecified atom stereocenters. The average molecular weight is 241 g/mol. The van der Waals surface area contributed by atoms with Gasteiger partial charge in [0.1, 0.15) is 0 Å². The number of aliphatic hydroxyl groups excluding tert-OH is 1. The Morgan fingerprint density at radius 1 is 1.18 bits per heavy atom. The topological polar surface area (TPSA) is 32.3 Å². The first kappa shape index (κ1) is 15.0. The van der Waals surface area contributed by atoms with Gasteiger partial charge >= 0.3 is 0 Å². The zero-order chi connectivity index (χ0) is 12.7. The predicted octanol–water partition coefficient (Wildman–Crippen LogP) is 3.20. The molecule has 0 bridgehead atoms. The van der Waals surface area contributed by atoms with Gasteiger partial charge in [0.15, 0.2) is 0 Å². The fraction of sp³-hybridized carbons (Fsp3) is 1.00. The van der Waals surface area contributed by atoms with Crippen LogP contribution in [0.5, 0.6) is 0 Å². The van der Waals surface area contributed by atoms with Crippen molar-refractivity contribution in [3.63, 3.8) is 0 Å². The van der Waals surface area contributed by atoms with Gasteiger partial charge in [-0.2, -0.15) is 0 Å². The van der Waals surface area contributed by atoms with Crippen molar-refractivity contribution in [3.8, 4) is 0 Å². The monoisotopic (exact) mass is 241 g/mol. The van der Waals surface area contributed by atoms with Crippen LogP contribution >= 0.6 is 0 Å². The van der Waals surface area contributed by atoms with Gasteiger partial charge in [0.25, 0.3) is 0 Å². The van der Waals surface area contributed by atoms with E-state index in [1.807, 2.05) is 0 Å². The predicted molar refractivity (Wildman–Crippen MR) is 74.1 cm³/mol. The second kappa shape index (κ2) is 8.10. The van der Waals surface area contributed by atoms with Crippen molar-refractivity contribution in [2.75, 3.05) is 13.2 Å². The lowest BCUT2D eigenvalue weighted by molar-refractivity contribution is 0.200. The molecule has 0 aromatic heterocycles. The molecule has 3 atom stereocenters. The Bertz CT molecular complexity index is 193. The number of rotatable bonds is 7. The van der Waals surface area contributed by atoms with Crippen LogP contribution in [0.3, 0.4) is 0 Å². The van der Waals surface area contributed by atoms with Crippen molar-refractivity contribution in [2.24, 2.45) is 17.8 Å². The maximum absolute atomic E-state index is 8.98. The van der Waals surface area contributed by atoms with Crippen molar-refractivity contribution in [2.45, 2.75) is 65.3 Å². The van der Waals surface area contributed by atoms with Crippen LogP contribution in [0.25, 0.3) is 0 Å². The molecule has 1 aliphatic carbocycles. The standard InChI is InChI=1S/C15H31NO/c1-12(2)14-8-4-5-9-15(14)16-10-6-7-13(3)11-17/h12-17H,4-11H2,1-3H3. The first-order valence-corrected chi connectivity index (χ1v) is 7.49. The summed E-state index contributed by atoms with van der Waals surface area (Å²) in [5.74, 6) is 2.15. The lowest BCUT2D eigenvalue weighted by Crippen LogP contribution is -2.41. The van der Waals surface area contributed by atoms with Crippen molar-refractivity contribution in [1.82, 2.24) is 5.32 Å². The molecule has 0 spiro atoms. The molecular formula is C15H31NO. The van der Waals surface area contributed by atoms with E-state index < -0.39 is 0 Å². The minimum absolute atomic E-state index is 0.331. The SMILES string of the molecule is CC(CO)CCCNC1CCCCC1C(C)C. The molecule has 0 aromatic carbocycles. The molecule has 102 valence electrons. The minimum atomic E-state index is 0.331. The van der Waals surface area contributed by atoms with E-state index in [-0.39, 0.29) is 0 Å². The van der Waals surface area contributed by atoms with Crippen LogP contribution in [-0.2, 0) is 0 Å². The number of nitrogens with one attached hydrogen (secondary N) is 1. The summed E-state index contributed by atoms with van der Waals surface area (Å²) >= 11 is 0. The molecule has 17 heavy (non-hydrogen) atoms. The van der Waals surface area contributed by atoms with Gasteiger partial charge in [-0.15, -0.1) is 0 Å². The molecule has 1 rings (SSSR count). The Hall–Kier alpha value is -0.0800. The van der Waals surface area contributed by atoms with E-state index in [0.717, 1.165) is 30.8 Å². The third kappa shape index (κ3) is 5.39. The van der Waals surface area contributed by atoms with Crippen LogP contribution in [0.1, 0.15) is 59.3 Å². The van der Waals surface area contributed by atoms with Crippen LogP contribution in [0.4, 0.5) is 0 Å². The van der Waals surface area contributed by atoms with E-state index in [0.29, 0.717) is 12.5 Å². The molecule has 1 fully saturated rings. The second-order valence-corrected chi connectivity index (χ2v) is 6.18. The summed E-state index contributed by atoms with van der Waals surface area (Å²) in [5, 5.41) is 12.7. The summed E-state index contributed by atoms with van der Waals surface area (Å²) in [6.45, 7) is 8.30. The fourth-order valence-corrected chi connectivity index (χ4v) is 3.04. The van der Waals surface area contributed by atoms with Crippen molar-refractivity contribution < 1.29 is 5.11 Å². The second-order valence-electron chi connectivity index (χ2n) is 6.18. The molecule has 0 heterocycles. The highest BCUT2D eigenvalue weighted by Crippen LogP contribution is 2.30. The quantitative estimate of drug-likeness (QED) is 0.671. The molecule has 0 radical (unpaired) electrons. The first-order chi connectivity index (χ1) is 8.15. The van der Waals surface area contributed by atoms with E-state index in [9.17, 15) is 0 Å². The van der Waals surface area contributed by atoms with E-state index in [1.165, 1.54) is 32.1 Å². The number of hydrogen-bond donors (Lipinski definition) is 2. The van der Waals surface area contributed by atoms with Gasteiger partial charge in [0.05, 0.1) is 0 Å². The zero-order valence-corrected chi connectivity index (χ0v) is 11.9. The molecule has 2 N–H and O–H groups in total. The van der Waals surface area contributed by atoms with Gasteiger partial charge in [0.2, 0.25) is 0 Å². The van der Waals surface area contributed by atoms with Gasteiger partial charge < -0.3 is 10.4 Å². The average Bonchev–Trinajstić information content (AvgIpc) is 2.34. The Balaban J connectivity index is 2.19. The first-order valence-electron chi connectivity index (χ1n) is 7.49. The zero-order valence-electron chi connectivity index (χ0n) is 11.9. The molecule has 1 aliphatic rings. The third-order valence-corrected chi connectivity index (χ3v) is 4.27. The highest BCUT2D eigenvalue weighted by Gasteiger charge is 2.26. The molecule has 2 nitrogen and oxygen atoms in total. The molecule has 0 aromatic rings. The largest absolute Gasteiger partial charge is 0.396 e. The Kier molecular flexibility index (Phi) is 7.14. The molecule has 0 aliphatic heterocycles. The molecule has 2 heteroatoms. The van der Waals surface area contributed by atoms with Crippen LogP contribution < -0.4 is 5.32 Å². The lowest BCUT2D eigenvalue weighted by Gasteiger charge is -2.35. The highest BCUT2D eigenvalue weighted by molar-refractivity contribution is 4.82. The van der Waals surface area contributed by atoms with Gasteiger partial charge in [-0.3, -0.25) is 0 Å². The molecule has 0 amide bonds. The Labute approximate surface area is 107 Å². The summed E-state index contributed by atoms with van der Waals surface area (Å²) in [6, 6.07) is 0.744. The van der Waals surface area contributed by atoms with Gasteiger partial charge in [-0.1, -0.05) is 33.6 Å². The van der Waals surface area contributed by atoms with Crippen molar-refractivity contribution in [3.05, 3.63) is 0 Å².